The summed E-state index contributed by atoms with van der Waals surface area (Å²) < 4.78 is 22.1. The number of hydrogen-bond donors (Lipinski definition) is 2. The van der Waals surface area contributed by atoms with Crippen molar-refractivity contribution < 1.29 is 13.9 Å². The van der Waals surface area contributed by atoms with Gasteiger partial charge < -0.3 is 24.8 Å². The summed E-state index contributed by atoms with van der Waals surface area (Å²) >= 11 is 0. The first-order valence-electron chi connectivity index (χ1n) is 13.0. The lowest BCUT2D eigenvalue weighted by atomic mass is 10.0. The molecular formula is C29H33FN6O2. The fraction of sp³-hybridized carbons (Fsp3) is 0.345. The van der Waals surface area contributed by atoms with Crippen LogP contribution in [-0.2, 0) is 7.05 Å². The molecule has 38 heavy (non-hydrogen) atoms. The molecule has 0 spiro atoms. The molecular weight excluding hydrogens is 483 g/mol. The SMILES string of the molecule is CC(C)c1cc(Nc2nc3cc(Oc4ccnc(C(=O)NCCN5CCCC5)c4)ccc3n2C)ccc1F. The van der Waals surface area contributed by atoms with Crippen molar-refractivity contribution in [1.29, 1.82) is 0 Å². The van der Waals surface area contributed by atoms with Crippen molar-refractivity contribution in [1.82, 2.24) is 24.8 Å². The highest BCUT2D eigenvalue weighted by molar-refractivity contribution is 5.92. The fourth-order valence-electron chi connectivity index (χ4n) is 4.71. The van der Waals surface area contributed by atoms with Gasteiger partial charge in [-0.1, -0.05) is 13.8 Å². The normalized spacial score (nSPS) is 13.8. The lowest BCUT2D eigenvalue weighted by Crippen LogP contribution is -2.33. The number of pyridine rings is 1. The topological polar surface area (TPSA) is 84.3 Å². The third-order valence-electron chi connectivity index (χ3n) is 6.84. The van der Waals surface area contributed by atoms with Crippen LogP contribution in [0, 0.1) is 5.82 Å². The number of anilines is 2. The van der Waals surface area contributed by atoms with Crippen LogP contribution >= 0.6 is 0 Å². The predicted octanol–water partition coefficient (Wildman–Crippen LogP) is 5.59. The largest absolute Gasteiger partial charge is 0.457 e. The maximum atomic E-state index is 14.1. The minimum Gasteiger partial charge on any atom is -0.457 e. The molecule has 4 aromatic rings. The van der Waals surface area contributed by atoms with E-state index in [4.69, 9.17) is 9.72 Å². The Morgan fingerprint density at radius 3 is 2.66 bits per heavy atom. The molecule has 1 amide bonds. The van der Waals surface area contributed by atoms with Crippen LogP contribution in [0.3, 0.4) is 0 Å². The van der Waals surface area contributed by atoms with Crippen molar-refractivity contribution in [2.45, 2.75) is 32.6 Å². The van der Waals surface area contributed by atoms with E-state index in [-0.39, 0.29) is 17.6 Å². The van der Waals surface area contributed by atoms with Gasteiger partial charge in [-0.2, -0.15) is 0 Å². The molecule has 0 unspecified atom stereocenters. The molecule has 1 fully saturated rings. The molecule has 2 N–H and O–H groups in total. The van der Waals surface area contributed by atoms with E-state index in [2.05, 4.69) is 20.5 Å². The molecule has 9 heteroatoms. The second-order valence-electron chi connectivity index (χ2n) is 9.94. The lowest BCUT2D eigenvalue weighted by Gasteiger charge is -2.14. The van der Waals surface area contributed by atoms with Crippen LogP contribution in [0.25, 0.3) is 11.0 Å². The van der Waals surface area contributed by atoms with Crippen molar-refractivity contribution >= 4 is 28.6 Å². The van der Waals surface area contributed by atoms with Crippen molar-refractivity contribution in [2.75, 3.05) is 31.5 Å². The van der Waals surface area contributed by atoms with Gasteiger partial charge in [0.15, 0.2) is 0 Å². The number of rotatable bonds is 9. The number of carbonyl (C=O) groups is 1. The van der Waals surface area contributed by atoms with Gasteiger partial charge in [-0.05, 0) is 73.8 Å². The zero-order chi connectivity index (χ0) is 26.6. The van der Waals surface area contributed by atoms with Crippen LogP contribution < -0.4 is 15.4 Å². The number of nitrogens with zero attached hydrogens (tertiary/aromatic N) is 4. The first-order chi connectivity index (χ1) is 18.4. The Morgan fingerprint density at radius 2 is 1.87 bits per heavy atom. The minimum atomic E-state index is -0.216. The van der Waals surface area contributed by atoms with E-state index in [1.165, 1.54) is 18.9 Å². The summed E-state index contributed by atoms with van der Waals surface area (Å²) in [6.45, 7) is 7.57. The lowest BCUT2D eigenvalue weighted by molar-refractivity contribution is 0.0944. The van der Waals surface area contributed by atoms with E-state index in [0.717, 1.165) is 36.4 Å². The Kier molecular flexibility index (Phi) is 7.55. The van der Waals surface area contributed by atoms with E-state index in [1.807, 2.05) is 49.7 Å². The van der Waals surface area contributed by atoms with Gasteiger partial charge in [-0.15, -0.1) is 0 Å². The molecule has 1 aliphatic heterocycles. The summed E-state index contributed by atoms with van der Waals surface area (Å²) in [4.78, 5) is 23.9. The van der Waals surface area contributed by atoms with E-state index >= 15 is 0 Å². The van der Waals surface area contributed by atoms with Gasteiger partial charge in [0.05, 0.1) is 11.0 Å². The average Bonchev–Trinajstić information content (AvgIpc) is 3.53. The molecule has 0 atom stereocenters. The third-order valence-corrected chi connectivity index (χ3v) is 6.84. The summed E-state index contributed by atoms with van der Waals surface area (Å²) in [5.41, 5.74) is 3.40. The number of fused-ring (bicyclic) bond motifs is 1. The quantitative estimate of drug-likeness (QED) is 0.302. The Hall–Kier alpha value is -3.98. The zero-order valence-electron chi connectivity index (χ0n) is 22.0. The Balaban J connectivity index is 1.27. The van der Waals surface area contributed by atoms with Crippen LogP contribution in [0.15, 0.2) is 54.7 Å². The maximum Gasteiger partial charge on any atom is 0.270 e. The number of likely N-dealkylation sites (tertiary alicyclic amines) is 1. The van der Waals surface area contributed by atoms with Crippen molar-refractivity contribution in [3.8, 4) is 11.5 Å². The van der Waals surface area contributed by atoms with Crippen LogP contribution in [-0.4, -0.2) is 51.5 Å². The van der Waals surface area contributed by atoms with E-state index in [0.29, 0.717) is 35.2 Å². The number of nitrogens with one attached hydrogen (secondary N) is 2. The van der Waals surface area contributed by atoms with Gasteiger partial charge >= 0.3 is 0 Å². The summed E-state index contributed by atoms with van der Waals surface area (Å²) in [6, 6.07) is 14.0. The third kappa shape index (κ3) is 5.78. The van der Waals surface area contributed by atoms with Crippen LogP contribution in [0.4, 0.5) is 16.0 Å². The first kappa shape index (κ1) is 25.7. The van der Waals surface area contributed by atoms with Gasteiger partial charge in [0.25, 0.3) is 5.91 Å². The number of amides is 1. The summed E-state index contributed by atoms with van der Waals surface area (Å²) in [5.74, 6) is 1.40. The van der Waals surface area contributed by atoms with E-state index < -0.39 is 0 Å². The molecule has 1 aliphatic rings. The standard InChI is InChI=1S/C29H33FN6O2/c1-19(2)23-16-20(6-8-24(23)30)33-29-34-25-17-21(7-9-27(25)35(29)3)38-22-10-11-31-26(18-22)28(37)32-12-15-36-13-4-5-14-36/h6-11,16-19H,4-5,12-15H2,1-3H3,(H,32,37)(H,33,34). The highest BCUT2D eigenvalue weighted by atomic mass is 19.1. The minimum absolute atomic E-state index is 0.0756. The Bertz CT molecular complexity index is 1440. The Morgan fingerprint density at radius 1 is 1.08 bits per heavy atom. The van der Waals surface area contributed by atoms with Crippen molar-refractivity contribution in [3.63, 3.8) is 0 Å². The molecule has 2 aromatic heterocycles. The number of aryl methyl sites for hydroxylation is 1. The second-order valence-corrected chi connectivity index (χ2v) is 9.94. The van der Waals surface area contributed by atoms with Crippen LogP contribution in [0.5, 0.6) is 11.5 Å². The Labute approximate surface area is 221 Å². The van der Waals surface area contributed by atoms with Crippen LogP contribution in [0.2, 0.25) is 0 Å². The molecule has 8 nitrogen and oxygen atoms in total. The molecule has 3 heterocycles. The van der Waals surface area contributed by atoms with E-state index in [1.54, 1.807) is 24.4 Å². The monoisotopic (exact) mass is 516 g/mol. The molecule has 0 bridgehead atoms. The number of carbonyl (C=O) groups excluding carboxylic acids is 1. The molecule has 2 aromatic carbocycles. The number of halogens is 1. The van der Waals surface area contributed by atoms with Crippen LogP contribution in [0.1, 0.15) is 48.7 Å². The van der Waals surface area contributed by atoms with Gasteiger partial charge in [0, 0.05) is 44.2 Å². The summed E-state index contributed by atoms with van der Waals surface area (Å²) in [5, 5.41) is 6.24. The molecule has 0 aliphatic carbocycles. The second kappa shape index (κ2) is 11.2. The number of imidazole rings is 1. The molecule has 198 valence electrons. The van der Waals surface area contributed by atoms with Gasteiger partial charge in [-0.3, -0.25) is 9.78 Å². The van der Waals surface area contributed by atoms with Crippen molar-refractivity contribution in [3.05, 3.63) is 71.8 Å². The number of aromatic nitrogens is 3. The number of benzene rings is 2. The van der Waals surface area contributed by atoms with Gasteiger partial charge in [-0.25, -0.2) is 9.37 Å². The highest BCUT2D eigenvalue weighted by Crippen LogP contribution is 2.29. The first-order valence-corrected chi connectivity index (χ1v) is 13.0. The maximum absolute atomic E-state index is 14.1. The molecule has 0 saturated carbocycles. The van der Waals surface area contributed by atoms with E-state index in [9.17, 15) is 9.18 Å². The fourth-order valence-corrected chi connectivity index (χ4v) is 4.71. The zero-order valence-corrected chi connectivity index (χ0v) is 22.0. The van der Waals surface area contributed by atoms with Crippen molar-refractivity contribution in [2.24, 2.45) is 7.05 Å². The number of hydrogen-bond acceptors (Lipinski definition) is 6. The predicted molar refractivity (Wildman–Crippen MR) is 147 cm³/mol. The summed E-state index contributed by atoms with van der Waals surface area (Å²) in [7, 11) is 1.92. The molecule has 1 saturated heterocycles. The highest BCUT2D eigenvalue weighted by Gasteiger charge is 2.14. The smallest absolute Gasteiger partial charge is 0.270 e. The summed E-state index contributed by atoms with van der Waals surface area (Å²) in [6.07, 6.45) is 4.02. The van der Waals surface area contributed by atoms with Gasteiger partial charge in [0.2, 0.25) is 5.95 Å². The number of ether oxygens (including phenoxy) is 1. The van der Waals surface area contributed by atoms with Gasteiger partial charge in [0.1, 0.15) is 23.0 Å². The molecule has 0 radical (unpaired) electrons. The average molecular weight is 517 g/mol. The molecule has 5 rings (SSSR count).